The summed E-state index contributed by atoms with van der Waals surface area (Å²) < 4.78 is 7.85. The van der Waals surface area contributed by atoms with Crippen molar-refractivity contribution in [2.75, 3.05) is 0 Å². The van der Waals surface area contributed by atoms with Crippen molar-refractivity contribution in [1.82, 2.24) is 14.8 Å². The van der Waals surface area contributed by atoms with Crippen LogP contribution in [-0.2, 0) is 12.4 Å². The zero-order valence-electron chi connectivity index (χ0n) is 15.9. The number of ether oxygens (including phenoxy) is 1. The van der Waals surface area contributed by atoms with Crippen LogP contribution in [0, 0.1) is 0 Å². The Hall–Kier alpha value is -1.89. The van der Waals surface area contributed by atoms with Gasteiger partial charge in [-0.1, -0.05) is 82.4 Å². The average Bonchev–Trinajstić information content (AvgIpc) is 3.17. The summed E-state index contributed by atoms with van der Waals surface area (Å²) in [6.45, 7) is 0.191. The predicted molar refractivity (Wildman–Crippen MR) is 128 cm³/mol. The van der Waals surface area contributed by atoms with E-state index in [1.807, 2.05) is 47.0 Å². The summed E-state index contributed by atoms with van der Waals surface area (Å²) in [5.74, 6) is 1.83. The molecule has 0 saturated heterocycles. The standard InChI is InChI=1S/C22H15Cl4N3OS/c23-15-7-9-20(19(26)11-15)30-12-21-27-28-22(29(21)16-4-2-1-3-5-16)31-13-14-6-8-17(24)18(25)10-14/h1-11H,12-13H2. The molecule has 1 aromatic heterocycles. The molecular weight excluding hydrogens is 496 g/mol. The lowest BCUT2D eigenvalue weighted by Gasteiger charge is -2.12. The highest BCUT2D eigenvalue weighted by Crippen LogP contribution is 2.31. The second-order valence-electron chi connectivity index (χ2n) is 6.47. The maximum Gasteiger partial charge on any atom is 0.196 e. The molecule has 4 aromatic rings. The Bertz CT molecular complexity index is 1200. The van der Waals surface area contributed by atoms with Gasteiger partial charge in [0, 0.05) is 16.5 Å². The van der Waals surface area contributed by atoms with Gasteiger partial charge in [0.2, 0.25) is 0 Å². The van der Waals surface area contributed by atoms with Crippen molar-refractivity contribution in [2.45, 2.75) is 17.5 Å². The van der Waals surface area contributed by atoms with Crippen molar-refractivity contribution in [3.05, 3.63) is 98.2 Å². The van der Waals surface area contributed by atoms with Crippen LogP contribution in [0.2, 0.25) is 20.1 Å². The van der Waals surface area contributed by atoms with E-state index in [0.29, 0.717) is 37.4 Å². The van der Waals surface area contributed by atoms with Crippen LogP contribution in [0.4, 0.5) is 0 Å². The maximum absolute atomic E-state index is 6.22. The molecule has 0 radical (unpaired) electrons. The van der Waals surface area contributed by atoms with Crippen LogP contribution in [0.3, 0.4) is 0 Å². The second-order valence-corrected chi connectivity index (χ2v) is 9.07. The summed E-state index contributed by atoms with van der Waals surface area (Å²) in [5.41, 5.74) is 1.97. The normalized spacial score (nSPS) is 11.0. The topological polar surface area (TPSA) is 39.9 Å². The van der Waals surface area contributed by atoms with E-state index in [0.717, 1.165) is 16.4 Å². The van der Waals surface area contributed by atoms with Crippen LogP contribution in [0.15, 0.2) is 71.9 Å². The number of rotatable bonds is 7. The van der Waals surface area contributed by atoms with Crippen molar-refractivity contribution >= 4 is 58.2 Å². The first-order valence-electron chi connectivity index (χ1n) is 9.15. The van der Waals surface area contributed by atoms with Gasteiger partial charge >= 0.3 is 0 Å². The first kappa shape index (κ1) is 22.3. The molecule has 0 aliphatic carbocycles. The van der Waals surface area contributed by atoms with Gasteiger partial charge in [-0.15, -0.1) is 10.2 Å². The van der Waals surface area contributed by atoms with Gasteiger partial charge in [-0.05, 0) is 48.0 Å². The Morgan fingerprint density at radius 1 is 0.806 bits per heavy atom. The van der Waals surface area contributed by atoms with Crippen LogP contribution in [0.1, 0.15) is 11.4 Å². The van der Waals surface area contributed by atoms with Crippen LogP contribution < -0.4 is 4.74 Å². The average molecular weight is 511 g/mol. The molecule has 158 valence electrons. The molecule has 9 heteroatoms. The number of hydrogen-bond donors (Lipinski definition) is 0. The van der Waals surface area contributed by atoms with Crippen LogP contribution in [0.25, 0.3) is 5.69 Å². The number of aromatic nitrogens is 3. The molecule has 0 saturated carbocycles. The smallest absolute Gasteiger partial charge is 0.196 e. The highest BCUT2D eigenvalue weighted by atomic mass is 35.5. The summed E-state index contributed by atoms with van der Waals surface area (Å²) in [6, 6.07) is 20.5. The van der Waals surface area contributed by atoms with E-state index in [1.165, 1.54) is 0 Å². The Balaban J connectivity index is 1.58. The lowest BCUT2D eigenvalue weighted by atomic mass is 10.2. The number of halogens is 4. The van der Waals surface area contributed by atoms with Crippen molar-refractivity contribution in [2.24, 2.45) is 0 Å². The van der Waals surface area contributed by atoms with Gasteiger partial charge in [0.1, 0.15) is 12.4 Å². The Kier molecular flexibility index (Phi) is 7.31. The van der Waals surface area contributed by atoms with E-state index in [1.54, 1.807) is 36.0 Å². The van der Waals surface area contributed by atoms with E-state index >= 15 is 0 Å². The molecule has 0 atom stereocenters. The third-order valence-electron chi connectivity index (χ3n) is 4.32. The number of benzene rings is 3. The third-order valence-corrected chi connectivity index (χ3v) is 6.59. The van der Waals surface area contributed by atoms with Gasteiger partial charge in [-0.2, -0.15) is 0 Å². The Morgan fingerprint density at radius 2 is 1.61 bits per heavy atom. The number of thioether (sulfide) groups is 1. The molecule has 0 unspecified atom stereocenters. The minimum atomic E-state index is 0.191. The first-order chi connectivity index (χ1) is 15.0. The molecule has 0 amide bonds. The number of hydrogen-bond acceptors (Lipinski definition) is 4. The number of para-hydroxylation sites is 1. The van der Waals surface area contributed by atoms with Gasteiger partial charge in [-0.25, -0.2) is 0 Å². The fourth-order valence-corrected chi connectivity index (χ4v) is 4.53. The van der Waals surface area contributed by atoms with Gasteiger partial charge < -0.3 is 4.74 Å². The molecule has 0 N–H and O–H groups in total. The molecule has 0 aliphatic heterocycles. The summed E-state index contributed by atoms with van der Waals surface area (Å²) in [7, 11) is 0. The monoisotopic (exact) mass is 509 g/mol. The van der Waals surface area contributed by atoms with Gasteiger partial charge in [-0.3, -0.25) is 4.57 Å². The van der Waals surface area contributed by atoms with E-state index in [2.05, 4.69) is 10.2 Å². The second kappa shape index (κ2) is 10.2. The maximum atomic E-state index is 6.22. The summed E-state index contributed by atoms with van der Waals surface area (Å²) >= 11 is 25.9. The van der Waals surface area contributed by atoms with Crippen LogP contribution in [0.5, 0.6) is 5.75 Å². The fourth-order valence-electron chi connectivity index (χ4n) is 2.84. The quantitative estimate of drug-likeness (QED) is 0.238. The summed E-state index contributed by atoms with van der Waals surface area (Å²) in [5, 5.41) is 11.5. The van der Waals surface area contributed by atoms with E-state index in [9.17, 15) is 0 Å². The van der Waals surface area contributed by atoms with E-state index in [4.69, 9.17) is 51.1 Å². The van der Waals surface area contributed by atoms with Gasteiger partial charge in [0.15, 0.2) is 11.0 Å². The lowest BCUT2D eigenvalue weighted by Crippen LogP contribution is -2.06. The van der Waals surface area contributed by atoms with Gasteiger partial charge in [0.05, 0.1) is 15.1 Å². The molecule has 0 fully saturated rings. The Morgan fingerprint density at radius 3 is 2.35 bits per heavy atom. The largest absolute Gasteiger partial charge is 0.484 e. The molecule has 4 rings (SSSR count). The zero-order valence-corrected chi connectivity index (χ0v) is 19.8. The predicted octanol–water partition coefficient (Wildman–Crippen LogP) is 7.75. The SMILES string of the molecule is Clc1ccc(OCc2nnc(SCc3ccc(Cl)c(Cl)c3)n2-c2ccccc2)c(Cl)c1. The molecular formula is C22H15Cl4N3OS. The fraction of sp³-hybridized carbons (Fsp3) is 0.0909. The molecule has 0 aliphatic rings. The third kappa shape index (κ3) is 5.48. The van der Waals surface area contributed by atoms with Crippen LogP contribution >= 0.6 is 58.2 Å². The van der Waals surface area contributed by atoms with E-state index < -0.39 is 0 Å². The molecule has 31 heavy (non-hydrogen) atoms. The minimum Gasteiger partial charge on any atom is -0.484 e. The molecule has 3 aromatic carbocycles. The van der Waals surface area contributed by atoms with Gasteiger partial charge in [0.25, 0.3) is 0 Å². The van der Waals surface area contributed by atoms with Crippen molar-refractivity contribution in [1.29, 1.82) is 0 Å². The first-order valence-corrected chi connectivity index (χ1v) is 11.7. The van der Waals surface area contributed by atoms with Crippen molar-refractivity contribution in [3.63, 3.8) is 0 Å². The molecule has 0 bridgehead atoms. The van der Waals surface area contributed by atoms with Crippen molar-refractivity contribution < 1.29 is 4.74 Å². The minimum absolute atomic E-state index is 0.191. The molecule has 4 nitrogen and oxygen atoms in total. The van der Waals surface area contributed by atoms with E-state index in [-0.39, 0.29) is 6.61 Å². The highest BCUT2D eigenvalue weighted by Gasteiger charge is 2.16. The molecule has 0 spiro atoms. The zero-order chi connectivity index (χ0) is 21.8. The lowest BCUT2D eigenvalue weighted by molar-refractivity contribution is 0.293. The number of nitrogens with zero attached hydrogens (tertiary/aromatic N) is 3. The highest BCUT2D eigenvalue weighted by molar-refractivity contribution is 7.98. The van der Waals surface area contributed by atoms with Crippen LogP contribution in [-0.4, -0.2) is 14.8 Å². The summed E-state index contributed by atoms with van der Waals surface area (Å²) in [6.07, 6.45) is 0. The Labute approximate surface area is 204 Å². The summed E-state index contributed by atoms with van der Waals surface area (Å²) in [4.78, 5) is 0. The van der Waals surface area contributed by atoms with Crippen molar-refractivity contribution in [3.8, 4) is 11.4 Å². The molecule has 1 heterocycles.